The standard InChI is InChI=1S/C14H15NS/c1-10-8-9-16-14(10)13-7-6-11-4-2-3-5-12(11)15-13/h2-5,8-9,13,15H,6-7H2,1H3. The minimum atomic E-state index is 0.509. The summed E-state index contributed by atoms with van der Waals surface area (Å²) in [5.41, 5.74) is 4.18. The average Bonchev–Trinajstić information content (AvgIpc) is 2.75. The fraction of sp³-hybridized carbons (Fsp3) is 0.286. The number of aryl methyl sites for hydroxylation is 2. The fourth-order valence-corrected chi connectivity index (χ4v) is 3.39. The highest BCUT2D eigenvalue weighted by Crippen LogP contribution is 2.35. The van der Waals surface area contributed by atoms with E-state index in [1.807, 2.05) is 11.3 Å². The third-order valence-electron chi connectivity index (χ3n) is 3.27. The summed E-state index contributed by atoms with van der Waals surface area (Å²) < 4.78 is 0. The summed E-state index contributed by atoms with van der Waals surface area (Å²) in [6.07, 6.45) is 2.39. The number of benzene rings is 1. The molecule has 0 aliphatic carbocycles. The quantitative estimate of drug-likeness (QED) is 0.774. The van der Waals surface area contributed by atoms with Crippen LogP contribution in [0.3, 0.4) is 0 Å². The van der Waals surface area contributed by atoms with E-state index in [2.05, 4.69) is 48.0 Å². The normalized spacial score (nSPS) is 18.9. The summed E-state index contributed by atoms with van der Waals surface area (Å²) >= 11 is 1.87. The Morgan fingerprint density at radius 2 is 2.12 bits per heavy atom. The van der Waals surface area contributed by atoms with Gasteiger partial charge in [-0.2, -0.15) is 0 Å². The Balaban J connectivity index is 1.91. The predicted octanol–water partition coefficient (Wildman–Crippen LogP) is 4.16. The van der Waals surface area contributed by atoms with Crippen molar-refractivity contribution in [3.05, 3.63) is 51.7 Å². The highest BCUT2D eigenvalue weighted by Gasteiger charge is 2.20. The number of anilines is 1. The van der Waals surface area contributed by atoms with Gasteiger partial charge >= 0.3 is 0 Å². The molecule has 1 aromatic carbocycles. The molecule has 16 heavy (non-hydrogen) atoms. The molecule has 1 aromatic heterocycles. The number of para-hydroxylation sites is 1. The number of hydrogen-bond donors (Lipinski definition) is 1. The molecule has 1 unspecified atom stereocenters. The van der Waals surface area contributed by atoms with Crippen LogP contribution in [0.15, 0.2) is 35.7 Å². The lowest BCUT2D eigenvalue weighted by Gasteiger charge is -2.26. The number of rotatable bonds is 1. The Labute approximate surface area is 100 Å². The van der Waals surface area contributed by atoms with Gasteiger partial charge in [0, 0.05) is 10.6 Å². The van der Waals surface area contributed by atoms with Crippen molar-refractivity contribution in [3.8, 4) is 0 Å². The first-order chi connectivity index (χ1) is 7.84. The van der Waals surface area contributed by atoms with Crippen LogP contribution in [0.1, 0.15) is 28.5 Å². The molecule has 2 aromatic rings. The van der Waals surface area contributed by atoms with Crippen LogP contribution in [0.25, 0.3) is 0 Å². The number of fused-ring (bicyclic) bond motifs is 1. The van der Waals surface area contributed by atoms with Crippen molar-refractivity contribution >= 4 is 17.0 Å². The van der Waals surface area contributed by atoms with Crippen LogP contribution in [0.4, 0.5) is 5.69 Å². The largest absolute Gasteiger partial charge is 0.377 e. The van der Waals surface area contributed by atoms with Crippen molar-refractivity contribution in [2.75, 3.05) is 5.32 Å². The van der Waals surface area contributed by atoms with Gasteiger partial charge in [-0.25, -0.2) is 0 Å². The van der Waals surface area contributed by atoms with Gasteiger partial charge in [0.2, 0.25) is 0 Å². The SMILES string of the molecule is Cc1ccsc1C1CCc2ccccc2N1. The summed E-state index contributed by atoms with van der Waals surface area (Å²) in [5.74, 6) is 0. The fourth-order valence-electron chi connectivity index (χ4n) is 2.38. The first-order valence-corrected chi connectivity index (χ1v) is 6.61. The Kier molecular flexibility index (Phi) is 2.44. The van der Waals surface area contributed by atoms with E-state index in [4.69, 9.17) is 0 Å². The van der Waals surface area contributed by atoms with Gasteiger partial charge in [0.05, 0.1) is 6.04 Å². The number of thiophene rings is 1. The van der Waals surface area contributed by atoms with Crippen LogP contribution in [0.2, 0.25) is 0 Å². The molecule has 2 heterocycles. The highest BCUT2D eigenvalue weighted by atomic mass is 32.1. The molecule has 1 nitrogen and oxygen atoms in total. The molecule has 0 radical (unpaired) electrons. The van der Waals surface area contributed by atoms with Gasteiger partial charge < -0.3 is 5.32 Å². The minimum Gasteiger partial charge on any atom is -0.377 e. The van der Waals surface area contributed by atoms with E-state index < -0.39 is 0 Å². The number of nitrogens with one attached hydrogen (secondary N) is 1. The molecule has 1 aliphatic rings. The summed E-state index contributed by atoms with van der Waals surface area (Å²) in [6, 6.07) is 11.4. The minimum absolute atomic E-state index is 0.509. The first-order valence-electron chi connectivity index (χ1n) is 5.73. The molecule has 0 spiro atoms. The lowest BCUT2D eigenvalue weighted by molar-refractivity contribution is 0.675. The van der Waals surface area contributed by atoms with Crippen LogP contribution in [0.5, 0.6) is 0 Å². The van der Waals surface area contributed by atoms with Crippen molar-refractivity contribution in [2.45, 2.75) is 25.8 Å². The Bertz CT molecular complexity index is 501. The van der Waals surface area contributed by atoms with E-state index in [1.165, 1.54) is 34.5 Å². The van der Waals surface area contributed by atoms with Gasteiger partial charge in [-0.3, -0.25) is 0 Å². The molecule has 1 aliphatic heterocycles. The Morgan fingerprint density at radius 1 is 1.25 bits per heavy atom. The van der Waals surface area contributed by atoms with Gasteiger partial charge in [0.25, 0.3) is 0 Å². The molecule has 0 saturated carbocycles. The summed E-state index contributed by atoms with van der Waals surface area (Å²) in [6.45, 7) is 2.20. The second kappa shape index (κ2) is 3.95. The van der Waals surface area contributed by atoms with E-state index in [0.717, 1.165) is 0 Å². The second-order valence-corrected chi connectivity index (χ2v) is 5.31. The van der Waals surface area contributed by atoms with Crippen LogP contribution in [-0.4, -0.2) is 0 Å². The van der Waals surface area contributed by atoms with Crippen LogP contribution < -0.4 is 5.32 Å². The van der Waals surface area contributed by atoms with Crippen LogP contribution in [-0.2, 0) is 6.42 Å². The van der Waals surface area contributed by atoms with Crippen molar-refractivity contribution in [2.24, 2.45) is 0 Å². The lowest BCUT2D eigenvalue weighted by atomic mass is 9.96. The van der Waals surface area contributed by atoms with Gasteiger partial charge in [-0.1, -0.05) is 18.2 Å². The second-order valence-electron chi connectivity index (χ2n) is 4.36. The molecule has 2 heteroatoms. The van der Waals surface area contributed by atoms with E-state index in [0.29, 0.717) is 6.04 Å². The Morgan fingerprint density at radius 3 is 2.94 bits per heavy atom. The maximum Gasteiger partial charge on any atom is 0.0612 e. The molecule has 3 rings (SSSR count). The third kappa shape index (κ3) is 1.63. The van der Waals surface area contributed by atoms with Crippen molar-refractivity contribution in [3.63, 3.8) is 0 Å². The maximum atomic E-state index is 3.65. The summed E-state index contributed by atoms with van der Waals surface area (Å²) in [4.78, 5) is 1.49. The topological polar surface area (TPSA) is 12.0 Å². The van der Waals surface area contributed by atoms with Crippen molar-refractivity contribution < 1.29 is 0 Å². The highest BCUT2D eigenvalue weighted by molar-refractivity contribution is 7.10. The molecule has 1 N–H and O–H groups in total. The van der Waals surface area contributed by atoms with Crippen molar-refractivity contribution in [1.82, 2.24) is 0 Å². The molecule has 0 saturated heterocycles. The third-order valence-corrected chi connectivity index (χ3v) is 4.40. The molecule has 0 bridgehead atoms. The van der Waals surface area contributed by atoms with Gasteiger partial charge in [-0.15, -0.1) is 11.3 Å². The van der Waals surface area contributed by atoms with Gasteiger partial charge in [-0.05, 0) is 48.4 Å². The van der Waals surface area contributed by atoms with Gasteiger partial charge in [0.1, 0.15) is 0 Å². The molecule has 0 fully saturated rings. The molecular formula is C14H15NS. The van der Waals surface area contributed by atoms with E-state index in [9.17, 15) is 0 Å². The summed E-state index contributed by atoms with van der Waals surface area (Å²) in [7, 11) is 0. The number of hydrogen-bond acceptors (Lipinski definition) is 2. The van der Waals surface area contributed by atoms with Crippen LogP contribution >= 0.6 is 11.3 Å². The van der Waals surface area contributed by atoms with E-state index in [1.54, 1.807) is 0 Å². The lowest BCUT2D eigenvalue weighted by Crippen LogP contribution is -2.17. The monoisotopic (exact) mass is 229 g/mol. The first kappa shape index (κ1) is 9.91. The van der Waals surface area contributed by atoms with Crippen molar-refractivity contribution in [1.29, 1.82) is 0 Å². The molecule has 82 valence electrons. The van der Waals surface area contributed by atoms with Gasteiger partial charge in [0.15, 0.2) is 0 Å². The molecular weight excluding hydrogens is 214 g/mol. The zero-order chi connectivity index (χ0) is 11.0. The Hall–Kier alpha value is -1.28. The van der Waals surface area contributed by atoms with E-state index >= 15 is 0 Å². The average molecular weight is 229 g/mol. The van der Waals surface area contributed by atoms with Crippen LogP contribution in [0, 0.1) is 6.92 Å². The zero-order valence-electron chi connectivity index (χ0n) is 9.36. The smallest absolute Gasteiger partial charge is 0.0612 e. The molecule has 1 atom stereocenters. The van der Waals surface area contributed by atoms with E-state index in [-0.39, 0.29) is 0 Å². The summed E-state index contributed by atoms with van der Waals surface area (Å²) in [5, 5.41) is 5.84. The molecule has 0 amide bonds. The zero-order valence-corrected chi connectivity index (χ0v) is 10.2. The predicted molar refractivity (Wildman–Crippen MR) is 70.2 cm³/mol. The maximum absolute atomic E-state index is 3.65.